The second kappa shape index (κ2) is 6.01. The standard InChI is InChI=1S/C12H22N4/c1-2-5-16-6-3-12(4-7-16)13-8-11-9-14-15-10-11/h9-10,12-13H,2-8H2,1H3,(H,14,15). The van der Waals surface area contributed by atoms with Gasteiger partial charge in [0.15, 0.2) is 0 Å². The third-order valence-corrected chi connectivity index (χ3v) is 3.28. The van der Waals surface area contributed by atoms with Crippen LogP contribution < -0.4 is 5.32 Å². The Bertz CT molecular complexity index is 275. The summed E-state index contributed by atoms with van der Waals surface area (Å²) in [5.74, 6) is 0. The summed E-state index contributed by atoms with van der Waals surface area (Å²) in [6, 6.07) is 0.683. The van der Waals surface area contributed by atoms with Crippen LogP contribution in [0.15, 0.2) is 12.4 Å². The first-order valence-corrected chi connectivity index (χ1v) is 6.32. The van der Waals surface area contributed by atoms with Gasteiger partial charge in [0.1, 0.15) is 0 Å². The number of aromatic amines is 1. The smallest absolute Gasteiger partial charge is 0.0532 e. The molecule has 0 spiro atoms. The molecule has 1 aliphatic heterocycles. The first-order chi connectivity index (χ1) is 7.88. The molecule has 2 rings (SSSR count). The highest BCUT2D eigenvalue weighted by atomic mass is 15.1. The number of likely N-dealkylation sites (tertiary alicyclic amines) is 1. The van der Waals surface area contributed by atoms with E-state index in [-0.39, 0.29) is 0 Å². The molecule has 2 N–H and O–H groups in total. The zero-order chi connectivity index (χ0) is 11.2. The van der Waals surface area contributed by atoms with Crippen LogP contribution in [0.25, 0.3) is 0 Å². The maximum atomic E-state index is 3.95. The van der Waals surface area contributed by atoms with Gasteiger partial charge in [0.25, 0.3) is 0 Å². The van der Waals surface area contributed by atoms with Gasteiger partial charge in [-0.05, 0) is 38.9 Å². The molecule has 1 aromatic heterocycles. The van der Waals surface area contributed by atoms with Gasteiger partial charge in [-0.25, -0.2) is 0 Å². The molecule has 0 unspecified atom stereocenters. The molecule has 0 aromatic carbocycles. The fourth-order valence-corrected chi connectivity index (χ4v) is 2.31. The topological polar surface area (TPSA) is 44.0 Å². The van der Waals surface area contributed by atoms with E-state index in [0.717, 1.165) is 6.54 Å². The number of hydrogen-bond acceptors (Lipinski definition) is 3. The molecule has 2 heterocycles. The predicted octanol–water partition coefficient (Wildman–Crippen LogP) is 1.37. The highest BCUT2D eigenvalue weighted by molar-refractivity contribution is 5.01. The van der Waals surface area contributed by atoms with E-state index in [4.69, 9.17) is 0 Å². The van der Waals surface area contributed by atoms with Gasteiger partial charge in [-0.3, -0.25) is 5.10 Å². The molecule has 0 aliphatic carbocycles. The van der Waals surface area contributed by atoms with Crippen molar-refractivity contribution in [2.24, 2.45) is 0 Å². The number of piperidine rings is 1. The lowest BCUT2D eigenvalue weighted by atomic mass is 10.0. The molecule has 0 amide bonds. The van der Waals surface area contributed by atoms with E-state index in [1.54, 1.807) is 0 Å². The van der Waals surface area contributed by atoms with Gasteiger partial charge in [0, 0.05) is 24.3 Å². The molecule has 1 fully saturated rings. The number of H-pyrrole nitrogens is 1. The van der Waals surface area contributed by atoms with Crippen molar-refractivity contribution in [1.82, 2.24) is 20.4 Å². The van der Waals surface area contributed by atoms with Crippen LogP contribution in [0.3, 0.4) is 0 Å². The van der Waals surface area contributed by atoms with Crippen LogP contribution in [-0.4, -0.2) is 40.8 Å². The van der Waals surface area contributed by atoms with Crippen molar-refractivity contribution >= 4 is 0 Å². The van der Waals surface area contributed by atoms with Crippen molar-refractivity contribution < 1.29 is 0 Å². The summed E-state index contributed by atoms with van der Waals surface area (Å²) in [5.41, 5.74) is 1.25. The summed E-state index contributed by atoms with van der Waals surface area (Å²) in [4.78, 5) is 2.57. The molecule has 1 aromatic rings. The van der Waals surface area contributed by atoms with E-state index in [2.05, 4.69) is 27.3 Å². The highest BCUT2D eigenvalue weighted by Gasteiger charge is 2.17. The van der Waals surface area contributed by atoms with Gasteiger partial charge in [0.2, 0.25) is 0 Å². The van der Waals surface area contributed by atoms with Crippen molar-refractivity contribution in [3.63, 3.8) is 0 Å². The molecule has 4 heteroatoms. The summed E-state index contributed by atoms with van der Waals surface area (Å²) in [5, 5.41) is 10.4. The zero-order valence-corrected chi connectivity index (χ0v) is 10.1. The minimum absolute atomic E-state index is 0.683. The van der Waals surface area contributed by atoms with Crippen LogP contribution in [0.5, 0.6) is 0 Å². The molecular formula is C12H22N4. The van der Waals surface area contributed by atoms with Crippen LogP contribution in [0.1, 0.15) is 31.7 Å². The number of aromatic nitrogens is 2. The fourth-order valence-electron chi connectivity index (χ4n) is 2.31. The van der Waals surface area contributed by atoms with Crippen molar-refractivity contribution in [3.8, 4) is 0 Å². The Morgan fingerprint density at radius 1 is 1.50 bits per heavy atom. The second-order valence-corrected chi connectivity index (χ2v) is 4.60. The maximum Gasteiger partial charge on any atom is 0.0532 e. The van der Waals surface area contributed by atoms with E-state index >= 15 is 0 Å². The Hall–Kier alpha value is -0.870. The first kappa shape index (κ1) is 11.6. The average Bonchev–Trinajstić information content (AvgIpc) is 2.82. The zero-order valence-electron chi connectivity index (χ0n) is 10.1. The van der Waals surface area contributed by atoms with E-state index in [1.807, 2.05) is 12.4 Å². The molecule has 16 heavy (non-hydrogen) atoms. The van der Waals surface area contributed by atoms with E-state index in [0.29, 0.717) is 6.04 Å². The Kier molecular flexibility index (Phi) is 4.36. The van der Waals surface area contributed by atoms with Crippen LogP contribution >= 0.6 is 0 Å². The number of nitrogens with one attached hydrogen (secondary N) is 2. The highest BCUT2D eigenvalue weighted by Crippen LogP contribution is 2.11. The third kappa shape index (κ3) is 3.32. The number of hydrogen-bond donors (Lipinski definition) is 2. The molecule has 1 aliphatic rings. The molecule has 1 saturated heterocycles. The van der Waals surface area contributed by atoms with Crippen molar-refractivity contribution in [2.45, 2.75) is 38.8 Å². The van der Waals surface area contributed by atoms with Crippen molar-refractivity contribution in [2.75, 3.05) is 19.6 Å². The number of nitrogens with zero attached hydrogens (tertiary/aromatic N) is 2. The molecule has 0 bridgehead atoms. The summed E-state index contributed by atoms with van der Waals surface area (Å²) >= 11 is 0. The van der Waals surface area contributed by atoms with Crippen LogP contribution in [-0.2, 0) is 6.54 Å². The SMILES string of the molecule is CCCN1CCC(NCc2cn[nH]c2)CC1. The lowest BCUT2D eigenvalue weighted by Gasteiger charge is -2.32. The van der Waals surface area contributed by atoms with Gasteiger partial charge in [-0.1, -0.05) is 6.92 Å². The van der Waals surface area contributed by atoms with Crippen molar-refractivity contribution in [3.05, 3.63) is 18.0 Å². The fraction of sp³-hybridized carbons (Fsp3) is 0.750. The van der Waals surface area contributed by atoms with Gasteiger partial charge in [0.05, 0.1) is 6.20 Å². The largest absolute Gasteiger partial charge is 0.310 e. The second-order valence-electron chi connectivity index (χ2n) is 4.60. The van der Waals surface area contributed by atoms with E-state index < -0.39 is 0 Å². The van der Waals surface area contributed by atoms with Crippen LogP contribution in [0.4, 0.5) is 0 Å². The molecule has 0 radical (unpaired) electrons. The normalized spacial score (nSPS) is 19.1. The molecule has 90 valence electrons. The Morgan fingerprint density at radius 3 is 2.94 bits per heavy atom. The van der Waals surface area contributed by atoms with E-state index in [1.165, 1.54) is 44.5 Å². The minimum Gasteiger partial charge on any atom is -0.310 e. The monoisotopic (exact) mass is 222 g/mol. The van der Waals surface area contributed by atoms with Gasteiger partial charge in [-0.15, -0.1) is 0 Å². The Morgan fingerprint density at radius 2 is 2.31 bits per heavy atom. The van der Waals surface area contributed by atoms with Gasteiger partial charge < -0.3 is 10.2 Å². The van der Waals surface area contributed by atoms with Gasteiger partial charge in [-0.2, -0.15) is 5.10 Å². The maximum absolute atomic E-state index is 3.95. The van der Waals surface area contributed by atoms with Crippen molar-refractivity contribution in [1.29, 1.82) is 0 Å². The van der Waals surface area contributed by atoms with Crippen LogP contribution in [0.2, 0.25) is 0 Å². The molecule has 4 nitrogen and oxygen atoms in total. The first-order valence-electron chi connectivity index (χ1n) is 6.32. The third-order valence-electron chi connectivity index (χ3n) is 3.28. The summed E-state index contributed by atoms with van der Waals surface area (Å²) < 4.78 is 0. The summed E-state index contributed by atoms with van der Waals surface area (Å²) in [6.07, 6.45) is 7.67. The molecule has 0 atom stereocenters. The predicted molar refractivity (Wildman–Crippen MR) is 65.2 cm³/mol. The summed E-state index contributed by atoms with van der Waals surface area (Å²) in [7, 11) is 0. The lowest BCUT2D eigenvalue weighted by molar-refractivity contribution is 0.197. The average molecular weight is 222 g/mol. The van der Waals surface area contributed by atoms with Gasteiger partial charge >= 0.3 is 0 Å². The van der Waals surface area contributed by atoms with E-state index in [9.17, 15) is 0 Å². The quantitative estimate of drug-likeness (QED) is 0.791. The molecule has 0 saturated carbocycles. The molecular weight excluding hydrogens is 200 g/mol. The minimum atomic E-state index is 0.683. The number of rotatable bonds is 5. The Balaban J connectivity index is 1.65. The lowest BCUT2D eigenvalue weighted by Crippen LogP contribution is -2.42. The van der Waals surface area contributed by atoms with Crippen LogP contribution in [0, 0.1) is 0 Å². The Labute approximate surface area is 97.4 Å². The summed E-state index contributed by atoms with van der Waals surface area (Å²) in [6.45, 7) is 6.94.